The fourth-order valence-corrected chi connectivity index (χ4v) is 2.63. The maximum atomic E-state index is 12.2. The molecule has 1 aromatic carbocycles. The van der Waals surface area contributed by atoms with Gasteiger partial charge in [-0.15, -0.1) is 0 Å². The van der Waals surface area contributed by atoms with Gasteiger partial charge in [-0.2, -0.15) is 0 Å². The van der Waals surface area contributed by atoms with Crippen molar-refractivity contribution < 1.29 is 14.8 Å². The minimum absolute atomic E-state index is 0.0862. The van der Waals surface area contributed by atoms with Gasteiger partial charge in [0.25, 0.3) is 5.69 Å². The zero-order valence-corrected chi connectivity index (χ0v) is 13.4. The summed E-state index contributed by atoms with van der Waals surface area (Å²) in [5, 5.41) is 20.1. The Balaban J connectivity index is 1.75. The van der Waals surface area contributed by atoms with Gasteiger partial charge in [-0.05, 0) is 31.9 Å². The Morgan fingerprint density at radius 3 is 2.52 bits per heavy atom. The molecule has 0 radical (unpaired) electrons. The number of hydrogen-bond acceptors (Lipinski definition) is 5. The molecule has 0 aromatic heterocycles. The number of likely N-dealkylation sites (tertiary alicyclic amines) is 1. The Morgan fingerprint density at radius 2 is 1.96 bits per heavy atom. The second-order valence-electron chi connectivity index (χ2n) is 6.02. The lowest BCUT2D eigenvalue weighted by molar-refractivity contribution is -0.384. The second-order valence-corrected chi connectivity index (χ2v) is 6.02. The van der Waals surface area contributed by atoms with Crippen molar-refractivity contribution in [3.63, 3.8) is 0 Å². The lowest BCUT2D eigenvalue weighted by atomic mass is 10.1. The summed E-state index contributed by atoms with van der Waals surface area (Å²) >= 11 is 0. The van der Waals surface area contributed by atoms with Gasteiger partial charge in [0, 0.05) is 31.8 Å². The van der Waals surface area contributed by atoms with E-state index in [1.54, 1.807) is 17.0 Å². The van der Waals surface area contributed by atoms with Crippen molar-refractivity contribution in [3.05, 3.63) is 39.9 Å². The monoisotopic (exact) mass is 321 g/mol. The first-order valence-corrected chi connectivity index (χ1v) is 7.83. The zero-order chi connectivity index (χ0) is 16.8. The van der Waals surface area contributed by atoms with Gasteiger partial charge in [-0.3, -0.25) is 19.8 Å². The van der Waals surface area contributed by atoms with Crippen LogP contribution in [0.2, 0.25) is 0 Å². The number of nitrogens with zero attached hydrogens (tertiary/aromatic N) is 3. The van der Waals surface area contributed by atoms with E-state index in [1.165, 1.54) is 12.1 Å². The van der Waals surface area contributed by atoms with Crippen LogP contribution in [0.3, 0.4) is 0 Å². The number of non-ortho nitro benzene ring substituents is 1. The number of likely N-dealkylation sites (N-methyl/N-ethyl adjacent to an activating group) is 1. The smallest absolute Gasteiger partial charge is 0.269 e. The van der Waals surface area contributed by atoms with Gasteiger partial charge in [-0.1, -0.05) is 12.1 Å². The first-order chi connectivity index (χ1) is 11.0. The summed E-state index contributed by atoms with van der Waals surface area (Å²) in [6.45, 7) is 2.30. The molecule has 23 heavy (non-hydrogen) atoms. The van der Waals surface area contributed by atoms with Crippen molar-refractivity contribution in [1.82, 2.24) is 9.80 Å². The first-order valence-electron chi connectivity index (χ1n) is 7.83. The Hall–Kier alpha value is -1.99. The third kappa shape index (κ3) is 5.30. The Kier molecular flexibility index (Phi) is 6.06. The van der Waals surface area contributed by atoms with Gasteiger partial charge in [-0.25, -0.2) is 0 Å². The summed E-state index contributed by atoms with van der Waals surface area (Å²) in [5.41, 5.74) is 1.10. The summed E-state index contributed by atoms with van der Waals surface area (Å²) in [5.74, 6) is 0.0862. The molecule has 1 aliphatic heterocycles. The molecule has 1 N–H and O–H groups in total. The minimum atomic E-state index is -0.413. The van der Waals surface area contributed by atoms with E-state index >= 15 is 0 Å². The van der Waals surface area contributed by atoms with Gasteiger partial charge in [0.1, 0.15) is 0 Å². The van der Waals surface area contributed by atoms with Crippen LogP contribution in [0.5, 0.6) is 0 Å². The van der Waals surface area contributed by atoms with Crippen molar-refractivity contribution >= 4 is 11.6 Å². The molecule has 0 unspecified atom stereocenters. The number of nitro benzene ring substituents is 1. The lowest BCUT2D eigenvalue weighted by Crippen LogP contribution is -2.44. The van der Waals surface area contributed by atoms with E-state index in [-0.39, 0.29) is 17.7 Å². The summed E-state index contributed by atoms with van der Waals surface area (Å²) < 4.78 is 0. The van der Waals surface area contributed by atoms with E-state index in [2.05, 4.69) is 0 Å². The zero-order valence-electron chi connectivity index (χ0n) is 13.4. The van der Waals surface area contributed by atoms with Gasteiger partial charge < -0.3 is 10.0 Å². The Bertz CT molecular complexity index is 539. The fraction of sp³-hybridized carbons (Fsp3) is 0.562. The number of aliphatic hydroxyl groups excluding tert-OH is 1. The minimum Gasteiger partial charge on any atom is -0.393 e. The summed E-state index contributed by atoms with van der Waals surface area (Å²) in [7, 11) is 1.89. The molecule has 1 aliphatic rings. The van der Waals surface area contributed by atoms with Crippen LogP contribution < -0.4 is 0 Å². The quantitative estimate of drug-likeness (QED) is 0.625. The molecule has 7 nitrogen and oxygen atoms in total. The Morgan fingerprint density at radius 1 is 1.35 bits per heavy atom. The number of benzene rings is 1. The molecule has 0 saturated carbocycles. The molecule has 0 bridgehead atoms. The maximum Gasteiger partial charge on any atom is 0.269 e. The van der Waals surface area contributed by atoms with E-state index < -0.39 is 4.92 Å². The molecule has 7 heteroatoms. The SMILES string of the molecule is CN(CCc1ccc([N+](=O)[O-])cc1)CC(=O)N1CCC(O)CC1. The molecular formula is C16H23N3O4. The van der Waals surface area contributed by atoms with Crippen LogP contribution in [0.15, 0.2) is 24.3 Å². The average molecular weight is 321 g/mol. The summed E-state index contributed by atoms with van der Waals surface area (Å²) in [4.78, 5) is 26.1. The first kappa shape index (κ1) is 17.4. The lowest BCUT2D eigenvalue weighted by Gasteiger charge is -2.31. The molecule has 126 valence electrons. The van der Waals surface area contributed by atoms with Gasteiger partial charge >= 0.3 is 0 Å². The van der Waals surface area contributed by atoms with Gasteiger partial charge in [0.2, 0.25) is 5.91 Å². The topological polar surface area (TPSA) is 86.9 Å². The summed E-state index contributed by atoms with van der Waals surface area (Å²) in [6.07, 6.45) is 1.76. The Labute approximate surface area is 135 Å². The molecule has 1 saturated heterocycles. The van der Waals surface area contributed by atoms with Crippen LogP contribution in [-0.4, -0.2) is 65.1 Å². The van der Waals surface area contributed by atoms with Crippen molar-refractivity contribution in [2.45, 2.75) is 25.4 Å². The molecule has 2 rings (SSSR count). The standard InChI is InChI=1S/C16H23N3O4/c1-17(12-16(21)18-10-7-15(20)8-11-18)9-6-13-2-4-14(5-3-13)19(22)23/h2-5,15,20H,6-12H2,1H3. The number of rotatable bonds is 6. The third-order valence-electron chi connectivity index (χ3n) is 4.15. The predicted molar refractivity (Wildman–Crippen MR) is 86.1 cm³/mol. The van der Waals surface area contributed by atoms with Crippen LogP contribution >= 0.6 is 0 Å². The van der Waals surface area contributed by atoms with E-state index in [0.717, 1.165) is 12.0 Å². The molecule has 1 amide bonds. The van der Waals surface area contributed by atoms with Crippen LogP contribution in [0.25, 0.3) is 0 Å². The van der Waals surface area contributed by atoms with Crippen LogP contribution in [0.4, 0.5) is 5.69 Å². The molecule has 0 spiro atoms. The predicted octanol–water partition coefficient (Wildman–Crippen LogP) is 1.05. The van der Waals surface area contributed by atoms with E-state index in [4.69, 9.17) is 0 Å². The largest absolute Gasteiger partial charge is 0.393 e. The molecule has 1 aromatic rings. The van der Waals surface area contributed by atoms with Crippen LogP contribution in [-0.2, 0) is 11.2 Å². The van der Waals surface area contributed by atoms with E-state index in [1.807, 2.05) is 11.9 Å². The highest BCUT2D eigenvalue weighted by Crippen LogP contribution is 2.13. The highest BCUT2D eigenvalue weighted by atomic mass is 16.6. The molecule has 1 heterocycles. The molecule has 0 atom stereocenters. The summed E-state index contributed by atoms with van der Waals surface area (Å²) in [6, 6.07) is 6.50. The molecular weight excluding hydrogens is 298 g/mol. The highest BCUT2D eigenvalue weighted by Gasteiger charge is 2.21. The third-order valence-corrected chi connectivity index (χ3v) is 4.15. The fourth-order valence-electron chi connectivity index (χ4n) is 2.63. The maximum absolute atomic E-state index is 12.2. The number of hydrogen-bond donors (Lipinski definition) is 1. The highest BCUT2D eigenvalue weighted by molar-refractivity contribution is 5.78. The van der Waals surface area contributed by atoms with Crippen molar-refractivity contribution in [2.75, 3.05) is 33.2 Å². The van der Waals surface area contributed by atoms with Crippen molar-refractivity contribution in [1.29, 1.82) is 0 Å². The molecule has 0 aliphatic carbocycles. The number of amides is 1. The van der Waals surface area contributed by atoms with Gasteiger partial charge in [0.15, 0.2) is 0 Å². The van der Waals surface area contributed by atoms with Crippen molar-refractivity contribution in [3.8, 4) is 0 Å². The number of aliphatic hydroxyl groups is 1. The second kappa shape index (κ2) is 8.03. The normalized spacial score (nSPS) is 15.9. The average Bonchev–Trinajstić information content (AvgIpc) is 2.54. The number of nitro groups is 1. The number of carbonyl (C=O) groups is 1. The van der Waals surface area contributed by atoms with Crippen LogP contribution in [0.1, 0.15) is 18.4 Å². The number of carbonyl (C=O) groups excluding carboxylic acids is 1. The van der Waals surface area contributed by atoms with E-state index in [0.29, 0.717) is 39.0 Å². The van der Waals surface area contributed by atoms with Crippen LogP contribution in [0, 0.1) is 10.1 Å². The van der Waals surface area contributed by atoms with Gasteiger partial charge in [0.05, 0.1) is 17.6 Å². The van der Waals surface area contributed by atoms with Crippen molar-refractivity contribution in [2.24, 2.45) is 0 Å². The van der Waals surface area contributed by atoms with E-state index in [9.17, 15) is 20.0 Å². The number of piperidine rings is 1. The molecule has 1 fully saturated rings.